The molecule has 1 N–H and O–H groups in total. The first-order valence-electron chi connectivity index (χ1n) is 5.38. The molecule has 90 valence electrons. The lowest BCUT2D eigenvalue weighted by Gasteiger charge is -2.36. The van der Waals surface area contributed by atoms with Gasteiger partial charge >= 0.3 is 12.1 Å². The van der Waals surface area contributed by atoms with E-state index in [-0.39, 0.29) is 6.61 Å². The molecule has 1 aromatic rings. The number of nitrogens with zero attached hydrogens (tertiary/aromatic N) is 1. The first kappa shape index (κ1) is 11.4. The predicted molar refractivity (Wildman–Crippen MR) is 59.4 cm³/mol. The van der Waals surface area contributed by atoms with E-state index < -0.39 is 18.1 Å². The fraction of sp³-hybridized carbons (Fsp3) is 0.333. The van der Waals surface area contributed by atoms with E-state index in [4.69, 9.17) is 9.84 Å². The first-order chi connectivity index (χ1) is 8.18. The SMILES string of the molecule is O=C(OCc1ccccc1)[C@H]1CCN1C(=O)O. The van der Waals surface area contributed by atoms with Crippen LogP contribution in [0.1, 0.15) is 12.0 Å². The molecule has 1 aromatic carbocycles. The molecule has 1 atom stereocenters. The lowest BCUT2D eigenvalue weighted by atomic mass is 10.0. The van der Waals surface area contributed by atoms with Crippen LogP contribution in [-0.2, 0) is 16.1 Å². The highest BCUT2D eigenvalue weighted by atomic mass is 16.5. The molecular weight excluding hydrogens is 222 g/mol. The minimum Gasteiger partial charge on any atom is -0.465 e. The number of hydrogen-bond acceptors (Lipinski definition) is 3. The molecule has 0 bridgehead atoms. The Balaban J connectivity index is 1.84. The average molecular weight is 235 g/mol. The van der Waals surface area contributed by atoms with Crippen molar-refractivity contribution in [2.45, 2.75) is 19.1 Å². The van der Waals surface area contributed by atoms with Gasteiger partial charge in [-0.05, 0) is 12.0 Å². The van der Waals surface area contributed by atoms with Gasteiger partial charge in [-0.2, -0.15) is 0 Å². The van der Waals surface area contributed by atoms with Gasteiger partial charge in [-0.15, -0.1) is 0 Å². The molecule has 1 aliphatic heterocycles. The number of carbonyl (C=O) groups is 2. The van der Waals surface area contributed by atoms with Crippen molar-refractivity contribution < 1.29 is 19.4 Å². The van der Waals surface area contributed by atoms with Gasteiger partial charge in [-0.25, -0.2) is 9.59 Å². The highest BCUT2D eigenvalue weighted by molar-refractivity contribution is 5.82. The van der Waals surface area contributed by atoms with Crippen LogP contribution in [0.5, 0.6) is 0 Å². The third-order valence-corrected chi connectivity index (χ3v) is 2.76. The van der Waals surface area contributed by atoms with Gasteiger partial charge in [0.05, 0.1) is 0 Å². The van der Waals surface area contributed by atoms with Gasteiger partial charge in [-0.3, -0.25) is 4.90 Å². The van der Waals surface area contributed by atoms with Crippen molar-refractivity contribution in [3.05, 3.63) is 35.9 Å². The number of carbonyl (C=O) groups excluding carboxylic acids is 1. The van der Waals surface area contributed by atoms with Crippen LogP contribution >= 0.6 is 0 Å². The normalized spacial score (nSPS) is 18.4. The number of ether oxygens (including phenoxy) is 1. The Morgan fingerprint density at radius 1 is 1.35 bits per heavy atom. The topological polar surface area (TPSA) is 66.8 Å². The minimum atomic E-state index is -1.07. The molecule has 0 aliphatic carbocycles. The first-order valence-corrected chi connectivity index (χ1v) is 5.38. The molecule has 0 aromatic heterocycles. The van der Waals surface area contributed by atoms with Gasteiger partial charge in [0, 0.05) is 6.54 Å². The van der Waals surface area contributed by atoms with Crippen molar-refractivity contribution in [3.8, 4) is 0 Å². The summed E-state index contributed by atoms with van der Waals surface area (Å²) in [5.41, 5.74) is 0.891. The highest BCUT2D eigenvalue weighted by Crippen LogP contribution is 2.19. The molecule has 1 fully saturated rings. The maximum atomic E-state index is 11.6. The number of carboxylic acid groups (broad SMARTS) is 1. The van der Waals surface area contributed by atoms with Crippen LogP contribution in [0.25, 0.3) is 0 Å². The summed E-state index contributed by atoms with van der Waals surface area (Å²) in [7, 11) is 0. The molecule has 5 heteroatoms. The lowest BCUT2D eigenvalue weighted by molar-refractivity contribution is -0.154. The summed E-state index contributed by atoms with van der Waals surface area (Å²) in [6.07, 6.45) is -0.530. The van der Waals surface area contributed by atoms with Crippen LogP contribution in [0.4, 0.5) is 4.79 Å². The van der Waals surface area contributed by atoms with E-state index in [1.54, 1.807) is 0 Å². The molecule has 0 saturated carbocycles. The van der Waals surface area contributed by atoms with Crippen molar-refractivity contribution in [3.63, 3.8) is 0 Å². The van der Waals surface area contributed by atoms with Gasteiger partial charge in [0.2, 0.25) is 0 Å². The molecule has 1 heterocycles. The van der Waals surface area contributed by atoms with Crippen molar-refractivity contribution in [2.24, 2.45) is 0 Å². The molecular formula is C12H13NO4. The second kappa shape index (κ2) is 4.86. The zero-order valence-corrected chi connectivity index (χ0v) is 9.20. The molecule has 1 saturated heterocycles. The maximum absolute atomic E-state index is 11.6. The van der Waals surface area contributed by atoms with Crippen LogP contribution in [0.15, 0.2) is 30.3 Å². The average Bonchev–Trinajstić information content (AvgIpc) is 2.25. The summed E-state index contributed by atoms with van der Waals surface area (Å²) < 4.78 is 5.07. The summed E-state index contributed by atoms with van der Waals surface area (Å²) >= 11 is 0. The van der Waals surface area contributed by atoms with Gasteiger partial charge < -0.3 is 9.84 Å². The number of hydrogen-bond donors (Lipinski definition) is 1. The standard InChI is InChI=1S/C12H13NO4/c14-11(10-6-7-13(10)12(15)16)17-8-9-4-2-1-3-5-9/h1-5,10H,6-8H2,(H,15,16)/t10-/m1/s1. The van der Waals surface area contributed by atoms with Gasteiger partial charge in [0.25, 0.3) is 0 Å². The molecule has 1 aliphatic rings. The number of likely N-dealkylation sites (tertiary alicyclic amines) is 1. The second-order valence-electron chi connectivity index (χ2n) is 3.87. The molecule has 0 unspecified atom stereocenters. The number of benzene rings is 1. The molecule has 0 radical (unpaired) electrons. The lowest BCUT2D eigenvalue weighted by Crippen LogP contribution is -2.55. The van der Waals surface area contributed by atoms with Crippen molar-refractivity contribution in [1.82, 2.24) is 4.90 Å². The maximum Gasteiger partial charge on any atom is 0.408 e. The summed E-state index contributed by atoms with van der Waals surface area (Å²) in [4.78, 5) is 23.4. The minimum absolute atomic E-state index is 0.184. The monoisotopic (exact) mass is 235 g/mol. The Bertz CT molecular complexity index is 418. The molecule has 0 spiro atoms. The number of rotatable bonds is 3. The largest absolute Gasteiger partial charge is 0.465 e. The second-order valence-corrected chi connectivity index (χ2v) is 3.87. The number of esters is 1. The van der Waals surface area contributed by atoms with E-state index in [0.717, 1.165) is 10.5 Å². The molecule has 5 nitrogen and oxygen atoms in total. The Morgan fingerprint density at radius 2 is 2.06 bits per heavy atom. The summed E-state index contributed by atoms with van der Waals surface area (Å²) in [5, 5.41) is 8.76. The van der Waals surface area contributed by atoms with Crippen LogP contribution in [0.3, 0.4) is 0 Å². The van der Waals surface area contributed by atoms with Crippen molar-refractivity contribution in [2.75, 3.05) is 6.54 Å². The Morgan fingerprint density at radius 3 is 2.59 bits per heavy atom. The fourth-order valence-electron chi connectivity index (χ4n) is 1.69. The third-order valence-electron chi connectivity index (χ3n) is 2.76. The van der Waals surface area contributed by atoms with E-state index in [2.05, 4.69) is 0 Å². The van der Waals surface area contributed by atoms with Crippen LogP contribution in [0, 0.1) is 0 Å². The smallest absolute Gasteiger partial charge is 0.408 e. The van der Waals surface area contributed by atoms with E-state index >= 15 is 0 Å². The number of amides is 1. The van der Waals surface area contributed by atoms with Gasteiger partial charge in [0.1, 0.15) is 12.6 Å². The van der Waals surface area contributed by atoms with Crippen LogP contribution < -0.4 is 0 Å². The van der Waals surface area contributed by atoms with E-state index in [1.807, 2.05) is 30.3 Å². The Hall–Kier alpha value is -2.04. The van der Waals surface area contributed by atoms with Crippen LogP contribution in [-0.4, -0.2) is 34.7 Å². The van der Waals surface area contributed by atoms with Crippen molar-refractivity contribution >= 4 is 12.1 Å². The molecule has 17 heavy (non-hydrogen) atoms. The quantitative estimate of drug-likeness (QED) is 0.806. The van der Waals surface area contributed by atoms with Crippen molar-refractivity contribution in [1.29, 1.82) is 0 Å². The van der Waals surface area contributed by atoms with Gasteiger partial charge in [0.15, 0.2) is 0 Å². The Kier molecular flexibility index (Phi) is 3.27. The van der Waals surface area contributed by atoms with Gasteiger partial charge in [-0.1, -0.05) is 30.3 Å². The van der Waals surface area contributed by atoms with E-state index in [1.165, 1.54) is 0 Å². The fourth-order valence-corrected chi connectivity index (χ4v) is 1.69. The summed E-state index contributed by atoms with van der Waals surface area (Å²) in [5.74, 6) is -0.470. The zero-order valence-electron chi connectivity index (χ0n) is 9.20. The molecule has 2 rings (SSSR count). The van der Waals surface area contributed by atoms with E-state index in [9.17, 15) is 9.59 Å². The highest BCUT2D eigenvalue weighted by Gasteiger charge is 2.38. The third kappa shape index (κ3) is 2.55. The summed E-state index contributed by atoms with van der Waals surface area (Å²) in [6.45, 7) is 0.587. The molecule has 1 amide bonds. The van der Waals surface area contributed by atoms with Crippen LogP contribution in [0.2, 0.25) is 0 Å². The predicted octanol–water partition coefficient (Wildman–Crippen LogP) is 1.48. The van der Waals surface area contributed by atoms with E-state index in [0.29, 0.717) is 13.0 Å². The zero-order chi connectivity index (χ0) is 12.3. The summed E-state index contributed by atoms with van der Waals surface area (Å²) in [6, 6.07) is 8.66. The Labute approximate surface area is 98.6 Å².